The Morgan fingerprint density at radius 1 is 1.45 bits per heavy atom. The molecule has 7 nitrogen and oxygen atoms in total. The van der Waals surface area contributed by atoms with Crippen LogP contribution in [0, 0.1) is 10.1 Å². The molecule has 1 aliphatic heterocycles. The molecule has 0 radical (unpaired) electrons. The molecular weight excluding hydrogens is 284 g/mol. The zero-order chi connectivity index (χ0) is 14.5. The van der Waals surface area contributed by atoms with Crippen LogP contribution in [0.4, 0.5) is 11.4 Å². The number of nitrogens with zero attached hydrogens (tertiary/aromatic N) is 2. The number of hydrogen-bond acceptors (Lipinski definition) is 5. The van der Waals surface area contributed by atoms with Crippen molar-refractivity contribution in [3.8, 4) is 0 Å². The minimum absolute atomic E-state index is 0.105. The van der Waals surface area contributed by atoms with E-state index < -0.39 is 4.92 Å². The summed E-state index contributed by atoms with van der Waals surface area (Å²) in [6, 6.07) is 3.96. The molecular formula is C12H15ClN4O3. The van der Waals surface area contributed by atoms with Gasteiger partial charge in [-0.25, -0.2) is 0 Å². The Morgan fingerprint density at radius 3 is 2.80 bits per heavy atom. The van der Waals surface area contributed by atoms with Gasteiger partial charge in [-0.05, 0) is 6.07 Å². The highest BCUT2D eigenvalue weighted by Gasteiger charge is 2.16. The average molecular weight is 299 g/mol. The number of non-ortho nitro benzene ring substituents is 1. The largest absolute Gasteiger partial charge is 0.323 e. The summed E-state index contributed by atoms with van der Waals surface area (Å²) in [5.41, 5.74) is 0.160. The van der Waals surface area contributed by atoms with Gasteiger partial charge >= 0.3 is 0 Å². The number of hydrogen-bond donors (Lipinski definition) is 2. The minimum atomic E-state index is -0.526. The Bertz CT molecular complexity index is 517. The first-order valence-electron chi connectivity index (χ1n) is 6.23. The van der Waals surface area contributed by atoms with E-state index in [9.17, 15) is 14.9 Å². The lowest BCUT2D eigenvalue weighted by Crippen LogP contribution is -2.46. The molecule has 0 bridgehead atoms. The van der Waals surface area contributed by atoms with Crippen LogP contribution < -0.4 is 10.6 Å². The van der Waals surface area contributed by atoms with E-state index in [1.807, 2.05) is 4.90 Å². The number of carbonyl (C=O) groups excluding carboxylic acids is 1. The fourth-order valence-corrected chi connectivity index (χ4v) is 2.15. The molecule has 0 atom stereocenters. The third-order valence-corrected chi connectivity index (χ3v) is 3.34. The van der Waals surface area contributed by atoms with Crippen molar-refractivity contribution in [2.75, 3.05) is 38.0 Å². The summed E-state index contributed by atoms with van der Waals surface area (Å²) in [6.07, 6.45) is 0. The first-order chi connectivity index (χ1) is 9.56. The summed E-state index contributed by atoms with van der Waals surface area (Å²) in [4.78, 5) is 24.1. The molecule has 0 spiro atoms. The number of nitro groups is 1. The Kier molecular flexibility index (Phi) is 4.89. The van der Waals surface area contributed by atoms with Gasteiger partial charge in [-0.3, -0.25) is 19.8 Å². The Balaban J connectivity index is 1.99. The molecule has 0 unspecified atom stereocenters. The number of nitro benzene ring substituents is 1. The normalized spacial score (nSPS) is 15.8. The number of benzene rings is 1. The van der Waals surface area contributed by atoms with Crippen molar-refractivity contribution in [1.29, 1.82) is 0 Å². The van der Waals surface area contributed by atoms with Crippen LogP contribution in [-0.4, -0.2) is 48.5 Å². The number of carbonyl (C=O) groups is 1. The van der Waals surface area contributed by atoms with Crippen molar-refractivity contribution < 1.29 is 9.72 Å². The van der Waals surface area contributed by atoms with E-state index in [0.717, 1.165) is 26.2 Å². The first-order valence-corrected chi connectivity index (χ1v) is 6.61. The van der Waals surface area contributed by atoms with Crippen molar-refractivity contribution in [3.05, 3.63) is 33.3 Å². The highest BCUT2D eigenvalue weighted by Crippen LogP contribution is 2.26. The van der Waals surface area contributed by atoms with Gasteiger partial charge in [0.25, 0.3) is 5.69 Å². The second-order valence-electron chi connectivity index (χ2n) is 4.50. The molecule has 8 heteroatoms. The lowest BCUT2D eigenvalue weighted by atomic mass is 10.2. The van der Waals surface area contributed by atoms with Gasteiger partial charge in [0.05, 0.1) is 22.2 Å². The predicted molar refractivity (Wildman–Crippen MR) is 76.0 cm³/mol. The fraction of sp³-hybridized carbons (Fsp3) is 0.417. The molecule has 0 aliphatic carbocycles. The molecule has 2 rings (SSSR count). The van der Waals surface area contributed by atoms with Crippen LogP contribution in [0.1, 0.15) is 0 Å². The van der Waals surface area contributed by atoms with E-state index >= 15 is 0 Å². The molecule has 0 aromatic heterocycles. The second-order valence-corrected chi connectivity index (χ2v) is 4.90. The van der Waals surface area contributed by atoms with Gasteiger partial charge in [-0.2, -0.15) is 0 Å². The minimum Gasteiger partial charge on any atom is -0.323 e. The molecule has 2 N–H and O–H groups in total. The smallest absolute Gasteiger partial charge is 0.271 e. The molecule has 20 heavy (non-hydrogen) atoms. The third kappa shape index (κ3) is 3.89. The summed E-state index contributed by atoms with van der Waals surface area (Å²) in [6.45, 7) is 3.56. The van der Waals surface area contributed by atoms with Crippen LogP contribution in [0.25, 0.3) is 0 Å². The fourth-order valence-electron chi connectivity index (χ4n) is 1.98. The van der Waals surface area contributed by atoms with Gasteiger partial charge in [0.15, 0.2) is 0 Å². The van der Waals surface area contributed by atoms with Crippen LogP contribution in [0.3, 0.4) is 0 Å². The van der Waals surface area contributed by atoms with Crippen LogP contribution in [0.5, 0.6) is 0 Å². The van der Waals surface area contributed by atoms with Crippen LogP contribution in [-0.2, 0) is 4.79 Å². The number of amides is 1. The number of piperazine rings is 1. The van der Waals surface area contributed by atoms with Crippen molar-refractivity contribution in [1.82, 2.24) is 10.2 Å². The van der Waals surface area contributed by atoms with E-state index in [2.05, 4.69) is 10.6 Å². The SMILES string of the molecule is O=C(CN1CCNCC1)Nc1cc([N+](=O)[O-])ccc1Cl. The van der Waals surface area contributed by atoms with Crippen molar-refractivity contribution in [2.45, 2.75) is 0 Å². The summed E-state index contributed by atoms with van der Waals surface area (Å²) in [7, 11) is 0. The predicted octanol–water partition coefficient (Wildman–Crippen LogP) is 1.09. The first kappa shape index (κ1) is 14.7. The van der Waals surface area contributed by atoms with Gasteiger partial charge in [-0.1, -0.05) is 11.6 Å². The maximum atomic E-state index is 11.9. The highest BCUT2D eigenvalue weighted by molar-refractivity contribution is 6.33. The number of rotatable bonds is 4. The van der Waals surface area contributed by atoms with Crippen molar-refractivity contribution >= 4 is 28.9 Å². The lowest BCUT2D eigenvalue weighted by Gasteiger charge is -2.26. The summed E-state index contributed by atoms with van der Waals surface area (Å²) in [5, 5.41) is 16.8. The van der Waals surface area contributed by atoms with Crippen LogP contribution in [0.2, 0.25) is 5.02 Å². The number of nitrogens with one attached hydrogen (secondary N) is 2. The van der Waals surface area contributed by atoms with Gasteiger partial charge in [0.1, 0.15) is 0 Å². The molecule has 1 amide bonds. The molecule has 1 heterocycles. The molecule has 1 aromatic carbocycles. The van der Waals surface area contributed by atoms with Gasteiger partial charge in [0.2, 0.25) is 5.91 Å². The third-order valence-electron chi connectivity index (χ3n) is 3.01. The maximum absolute atomic E-state index is 11.9. The summed E-state index contributed by atoms with van der Waals surface area (Å²) < 4.78 is 0. The van der Waals surface area contributed by atoms with E-state index in [1.165, 1.54) is 18.2 Å². The molecule has 1 fully saturated rings. The number of halogens is 1. The highest BCUT2D eigenvalue weighted by atomic mass is 35.5. The Morgan fingerprint density at radius 2 is 2.15 bits per heavy atom. The standard InChI is InChI=1S/C12H15ClN4O3/c13-10-2-1-9(17(19)20)7-11(10)15-12(18)8-16-5-3-14-4-6-16/h1-2,7,14H,3-6,8H2,(H,15,18). The second kappa shape index (κ2) is 6.65. The van der Waals surface area contributed by atoms with Gasteiger partial charge < -0.3 is 10.6 Å². The van der Waals surface area contributed by atoms with Gasteiger partial charge in [-0.15, -0.1) is 0 Å². The zero-order valence-corrected chi connectivity index (χ0v) is 11.5. The Hall–Kier alpha value is -1.70. The summed E-state index contributed by atoms with van der Waals surface area (Å²) >= 11 is 5.93. The topological polar surface area (TPSA) is 87.5 Å². The van der Waals surface area contributed by atoms with Crippen molar-refractivity contribution in [2.24, 2.45) is 0 Å². The van der Waals surface area contributed by atoms with Crippen LogP contribution >= 0.6 is 11.6 Å². The van der Waals surface area contributed by atoms with E-state index in [4.69, 9.17) is 11.6 Å². The van der Waals surface area contributed by atoms with Crippen LogP contribution in [0.15, 0.2) is 18.2 Å². The number of anilines is 1. The van der Waals surface area contributed by atoms with E-state index in [1.54, 1.807) is 0 Å². The molecule has 1 aromatic rings. The Labute approximate surface area is 121 Å². The molecule has 0 saturated carbocycles. The summed E-state index contributed by atoms with van der Waals surface area (Å²) in [5.74, 6) is -0.228. The van der Waals surface area contributed by atoms with E-state index in [0.29, 0.717) is 0 Å². The van der Waals surface area contributed by atoms with E-state index in [-0.39, 0.29) is 28.8 Å². The molecule has 1 aliphatic rings. The zero-order valence-electron chi connectivity index (χ0n) is 10.8. The monoisotopic (exact) mass is 298 g/mol. The molecule has 108 valence electrons. The van der Waals surface area contributed by atoms with Crippen molar-refractivity contribution in [3.63, 3.8) is 0 Å². The van der Waals surface area contributed by atoms with Gasteiger partial charge in [0, 0.05) is 38.3 Å². The quantitative estimate of drug-likeness (QED) is 0.642. The maximum Gasteiger partial charge on any atom is 0.271 e. The average Bonchev–Trinajstić information content (AvgIpc) is 2.42. The lowest BCUT2D eigenvalue weighted by molar-refractivity contribution is -0.384. The molecule has 1 saturated heterocycles.